The van der Waals surface area contributed by atoms with Crippen LogP contribution in [0.5, 0.6) is 0 Å². The molecule has 11 heavy (non-hydrogen) atoms. The summed E-state index contributed by atoms with van der Waals surface area (Å²) < 4.78 is 37.3. The fourth-order valence-electron chi connectivity index (χ4n) is 0.632. The van der Waals surface area contributed by atoms with E-state index in [9.17, 15) is 13.2 Å². The van der Waals surface area contributed by atoms with Crippen molar-refractivity contribution in [3.63, 3.8) is 0 Å². The summed E-state index contributed by atoms with van der Waals surface area (Å²) >= 11 is 5.15. The molecule has 1 radical (unpaired) electrons. The van der Waals surface area contributed by atoms with E-state index in [1.165, 1.54) is 6.92 Å². The van der Waals surface area contributed by atoms with Crippen molar-refractivity contribution >= 4 is 11.6 Å². The molecule has 4 heteroatoms. The molecule has 0 atom stereocenters. The molecule has 1 aromatic carbocycles. The van der Waals surface area contributed by atoms with Crippen LogP contribution in [-0.4, -0.2) is 0 Å². The first-order chi connectivity index (χ1) is 5.04. The standard InChI is InChI=1S/C7H3ClF3/c1-3-2-4(8)6(10)7(11)5(3)9/h1H3. The molecule has 0 bridgehead atoms. The lowest BCUT2D eigenvalue weighted by Gasteiger charge is -1.99. The summed E-state index contributed by atoms with van der Waals surface area (Å²) in [5.41, 5.74) is -0.131. The highest BCUT2D eigenvalue weighted by molar-refractivity contribution is 6.30. The van der Waals surface area contributed by atoms with Gasteiger partial charge < -0.3 is 0 Å². The van der Waals surface area contributed by atoms with Gasteiger partial charge in [-0.25, -0.2) is 13.2 Å². The van der Waals surface area contributed by atoms with Gasteiger partial charge in [0.25, 0.3) is 0 Å². The second kappa shape index (κ2) is 2.74. The Morgan fingerprint density at radius 1 is 1.09 bits per heavy atom. The van der Waals surface area contributed by atoms with Crippen molar-refractivity contribution in [1.82, 2.24) is 0 Å². The SMILES string of the molecule is Cc1[c]c(Cl)c(F)c(F)c1F. The third-order valence-corrected chi connectivity index (χ3v) is 1.47. The van der Waals surface area contributed by atoms with E-state index in [2.05, 4.69) is 6.07 Å². The van der Waals surface area contributed by atoms with Gasteiger partial charge >= 0.3 is 0 Å². The van der Waals surface area contributed by atoms with E-state index in [0.29, 0.717) is 0 Å². The molecule has 0 unspecified atom stereocenters. The van der Waals surface area contributed by atoms with Gasteiger partial charge in [-0.1, -0.05) is 11.6 Å². The van der Waals surface area contributed by atoms with Gasteiger partial charge in [0, 0.05) is 6.07 Å². The maximum Gasteiger partial charge on any atom is 0.196 e. The van der Waals surface area contributed by atoms with Gasteiger partial charge in [-0.05, 0) is 12.5 Å². The van der Waals surface area contributed by atoms with Gasteiger partial charge in [-0.2, -0.15) is 0 Å². The lowest BCUT2D eigenvalue weighted by molar-refractivity contribution is 0.443. The Hall–Kier alpha value is -0.700. The van der Waals surface area contributed by atoms with Gasteiger partial charge in [0.2, 0.25) is 0 Å². The van der Waals surface area contributed by atoms with Gasteiger partial charge in [0.05, 0.1) is 5.02 Å². The van der Waals surface area contributed by atoms with Crippen LogP contribution in [0.3, 0.4) is 0 Å². The smallest absolute Gasteiger partial charge is 0.196 e. The summed E-state index contributed by atoms with van der Waals surface area (Å²) in [7, 11) is 0. The maximum absolute atomic E-state index is 12.5. The van der Waals surface area contributed by atoms with Gasteiger partial charge in [0.15, 0.2) is 17.5 Å². The lowest BCUT2D eigenvalue weighted by atomic mass is 10.2. The fraction of sp³-hybridized carbons (Fsp3) is 0.143. The topological polar surface area (TPSA) is 0 Å². The highest BCUT2D eigenvalue weighted by atomic mass is 35.5. The molecule has 1 rings (SSSR count). The van der Waals surface area contributed by atoms with Crippen LogP contribution in [-0.2, 0) is 0 Å². The molecule has 0 fully saturated rings. The van der Waals surface area contributed by atoms with Crippen LogP contribution in [0.2, 0.25) is 5.02 Å². The van der Waals surface area contributed by atoms with Crippen molar-refractivity contribution in [2.45, 2.75) is 6.92 Å². The van der Waals surface area contributed by atoms with Crippen LogP contribution in [0, 0.1) is 30.4 Å². The Labute approximate surface area is 66.6 Å². The second-order valence-electron chi connectivity index (χ2n) is 2.01. The van der Waals surface area contributed by atoms with E-state index < -0.39 is 22.5 Å². The minimum absolute atomic E-state index is 0.131. The van der Waals surface area contributed by atoms with Crippen LogP contribution in [0.25, 0.3) is 0 Å². The summed E-state index contributed by atoms with van der Waals surface area (Å²) in [4.78, 5) is 0. The van der Waals surface area contributed by atoms with Crippen LogP contribution in [0.4, 0.5) is 13.2 Å². The molecule has 0 heterocycles. The van der Waals surface area contributed by atoms with E-state index in [1.807, 2.05) is 0 Å². The first-order valence-corrected chi connectivity index (χ1v) is 3.13. The zero-order valence-corrected chi connectivity index (χ0v) is 6.27. The molecular formula is C7H3ClF3. The van der Waals surface area contributed by atoms with E-state index >= 15 is 0 Å². The second-order valence-corrected chi connectivity index (χ2v) is 2.38. The molecule has 0 aliphatic carbocycles. The summed E-state index contributed by atoms with van der Waals surface area (Å²) in [6, 6.07) is 2.12. The summed E-state index contributed by atoms with van der Waals surface area (Å²) in [6.07, 6.45) is 0. The molecule has 0 nitrogen and oxygen atoms in total. The predicted molar refractivity (Wildman–Crippen MR) is 34.9 cm³/mol. The van der Waals surface area contributed by atoms with Crippen molar-refractivity contribution < 1.29 is 13.2 Å². The molecule has 59 valence electrons. The largest absolute Gasteiger partial charge is 0.203 e. The number of benzene rings is 1. The molecule has 0 aliphatic rings. The summed E-state index contributed by atoms with van der Waals surface area (Å²) in [5, 5.41) is -0.526. The first-order valence-electron chi connectivity index (χ1n) is 2.76. The Kier molecular flexibility index (Phi) is 2.09. The Bertz CT molecular complexity index is 270. The van der Waals surface area contributed by atoms with Gasteiger partial charge in [0.1, 0.15) is 0 Å². The predicted octanol–water partition coefficient (Wildman–Crippen LogP) is 2.87. The van der Waals surface area contributed by atoms with Crippen LogP contribution in [0.15, 0.2) is 0 Å². The van der Waals surface area contributed by atoms with E-state index in [4.69, 9.17) is 11.6 Å². The van der Waals surface area contributed by atoms with E-state index in [0.717, 1.165) is 0 Å². The number of rotatable bonds is 0. The Morgan fingerprint density at radius 3 is 2.18 bits per heavy atom. The highest BCUT2D eigenvalue weighted by Gasteiger charge is 2.14. The number of hydrogen-bond donors (Lipinski definition) is 0. The number of aryl methyl sites for hydroxylation is 1. The zero-order valence-electron chi connectivity index (χ0n) is 5.51. The van der Waals surface area contributed by atoms with Crippen LogP contribution < -0.4 is 0 Å². The number of halogens is 4. The minimum Gasteiger partial charge on any atom is -0.203 e. The molecular weight excluding hydrogens is 177 g/mol. The monoisotopic (exact) mass is 179 g/mol. The highest BCUT2D eigenvalue weighted by Crippen LogP contribution is 2.21. The molecule has 0 aromatic heterocycles. The fourth-order valence-corrected chi connectivity index (χ4v) is 0.856. The maximum atomic E-state index is 12.5. The normalized spacial score (nSPS) is 10.3. The third kappa shape index (κ3) is 1.33. The van der Waals surface area contributed by atoms with Crippen LogP contribution in [0.1, 0.15) is 5.56 Å². The minimum atomic E-state index is -1.55. The lowest BCUT2D eigenvalue weighted by Crippen LogP contribution is -1.94. The molecule has 0 saturated heterocycles. The summed E-state index contributed by atoms with van der Waals surface area (Å²) in [5.74, 6) is -4.19. The molecule has 0 aliphatic heterocycles. The van der Waals surface area contributed by atoms with Gasteiger partial charge in [-0.15, -0.1) is 0 Å². The molecule has 0 amide bonds. The van der Waals surface area contributed by atoms with Crippen LogP contribution >= 0.6 is 11.6 Å². The van der Waals surface area contributed by atoms with Crippen molar-refractivity contribution in [1.29, 1.82) is 0 Å². The van der Waals surface area contributed by atoms with Crippen molar-refractivity contribution in [2.75, 3.05) is 0 Å². The third-order valence-electron chi connectivity index (χ3n) is 1.20. The van der Waals surface area contributed by atoms with Crippen molar-refractivity contribution in [3.05, 3.63) is 34.1 Å². The van der Waals surface area contributed by atoms with E-state index in [1.54, 1.807) is 0 Å². The Balaban J connectivity index is 3.46. The number of hydrogen-bond acceptors (Lipinski definition) is 0. The Morgan fingerprint density at radius 2 is 1.64 bits per heavy atom. The van der Waals surface area contributed by atoms with Crippen molar-refractivity contribution in [2.24, 2.45) is 0 Å². The van der Waals surface area contributed by atoms with Crippen molar-refractivity contribution in [3.8, 4) is 0 Å². The average Bonchev–Trinajstić information content (AvgIpc) is 1.97. The molecule has 1 aromatic rings. The molecule has 0 saturated carbocycles. The van der Waals surface area contributed by atoms with Gasteiger partial charge in [-0.3, -0.25) is 0 Å². The molecule has 0 N–H and O–H groups in total. The quantitative estimate of drug-likeness (QED) is 0.424. The van der Waals surface area contributed by atoms with E-state index in [-0.39, 0.29) is 5.56 Å². The molecule has 0 spiro atoms. The summed E-state index contributed by atoms with van der Waals surface area (Å²) in [6.45, 7) is 1.25. The zero-order chi connectivity index (χ0) is 8.59. The average molecular weight is 180 g/mol. The first kappa shape index (κ1) is 8.40.